The second kappa shape index (κ2) is 17.9. The molecule has 67 heavy (non-hydrogen) atoms. The van der Waals surface area contributed by atoms with Gasteiger partial charge in [-0.15, -0.1) is 0 Å². The molecular formula is C63H56O4. The average molecular weight is 877 g/mol. The largest absolute Gasteiger partial charge is 0.490 e. The van der Waals surface area contributed by atoms with Gasteiger partial charge in [0.15, 0.2) is 0 Å². The zero-order chi connectivity index (χ0) is 46.4. The van der Waals surface area contributed by atoms with Crippen LogP contribution in [0.2, 0.25) is 0 Å². The van der Waals surface area contributed by atoms with Crippen molar-refractivity contribution in [2.24, 2.45) is 0 Å². The number of rotatable bonds is 12. The molecule has 10 aromatic rings. The Morgan fingerprint density at radius 3 is 0.851 bits per heavy atom. The van der Waals surface area contributed by atoms with Crippen LogP contribution >= 0.6 is 0 Å². The van der Waals surface area contributed by atoms with Gasteiger partial charge in [0.2, 0.25) is 0 Å². The van der Waals surface area contributed by atoms with Gasteiger partial charge in [0, 0.05) is 27.7 Å². The Hall–Kier alpha value is -7.24. The molecule has 0 radical (unpaired) electrons. The Kier molecular flexibility index (Phi) is 11.6. The number of aliphatic hydroxyl groups excluding tert-OH is 2. The highest BCUT2D eigenvalue weighted by molar-refractivity contribution is 5.99. The molecule has 0 amide bonds. The highest BCUT2D eigenvalue weighted by Gasteiger charge is 2.31. The van der Waals surface area contributed by atoms with Gasteiger partial charge in [-0.3, -0.25) is 0 Å². The highest BCUT2D eigenvalue weighted by Crippen LogP contribution is 2.51. The van der Waals surface area contributed by atoms with E-state index in [0.717, 1.165) is 89.4 Å². The van der Waals surface area contributed by atoms with Crippen molar-refractivity contribution in [1.82, 2.24) is 0 Å². The maximum atomic E-state index is 10.3. The van der Waals surface area contributed by atoms with Crippen molar-refractivity contribution < 1.29 is 19.7 Å². The maximum absolute atomic E-state index is 10.3. The lowest BCUT2D eigenvalue weighted by molar-refractivity contribution is 0.202. The summed E-state index contributed by atoms with van der Waals surface area (Å²) in [7, 11) is 0. The third-order valence-electron chi connectivity index (χ3n) is 14.3. The molecular weight excluding hydrogens is 821 g/mol. The first kappa shape index (κ1) is 43.6. The molecule has 4 heteroatoms. The quantitative estimate of drug-likeness (QED) is 0.128. The van der Waals surface area contributed by atoms with E-state index in [0.29, 0.717) is 0 Å². The van der Waals surface area contributed by atoms with Crippen LogP contribution in [-0.2, 0) is 5.41 Å². The van der Waals surface area contributed by atoms with Gasteiger partial charge < -0.3 is 19.7 Å². The van der Waals surface area contributed by atoms with E-state index < -0.39 is 5.41 Å². The molecule has 0 aliphatic rings. The lowest BCUT2D eigenvalue weighted by Gasteiger charge is -2.31. The van der Waals surface area contributed by atoms with Gasteiger partial charge >= 0.3 is 0 Å². The molecule has 0 fully saturated rings. The summed E-state index contributed by atoms with van der Waals surface area (Å²) in [6.07, 6.45) is 0. The van der Waals surface area contributed by atoms with E-state index in [9.17, 15) is 10.2 Å². The number of ether oxygens (including phenoxy) is 2. The van der Waals surface area contributed by atoms with E-state index >= 15 is 0 Å². The molecule has 332 valence electrons. The van der Waals surface area contributed by atoms with E-state index in [2.05, 4.69) is 211 Å². The highest BCUT2D eigenvalue weighted by atomic mass is 16.5. The summed E-state index contributed by atoms with van der Waals surface area (Å²) in [6, 6.07) is 61.2. The topological polar surface area (TPSA) is 58.9 Å². The van der Waals surface area contributed by atoms with Crippen LogP contribution in [0.15, 0.2) is 170 Å². The first-order valence-corrected chi connectivity index (χ1v) is 23.4. The van der Waals surface area contributed by atoms with Crippen LogP contribution in [0.1, 0.15) is 47.2 Å². The fraction of sp³-hybridized carbons (Fsp3) is 0.175. The van der Waals surface area contributed by atoms with Crippen LogP contribution in [0, 0.1) is 27.7 Å². The summed E-state index contributed by atoms with van der Waals surface area (Å²) >= 11 is 0. The molecule has 0 unspecified atom stereocenters. The minimum atomic E-state index is -0.594. The molecule has 2 N–H and O–H groups in total. The Bertz CT molecular complexity index is 3080. The molecule has 10 rings (SSSR count). The lowest BCUT2D eigenvalue weighted by Crippen LogP contribution is -2.20. The van der Waals surface area contributed by atoms with Crippen LogP contribution < -0.4 is 9.47 Å². The molecule has 0 aliphatic heterocycles. The third-order valence-corrected chi connectivity index (χ3v) is 14.3. The van der Waals surface area contributed by atoms with Crippen LogP contribution in [0.4, 0.5) is 0 Å². The fourth-order valence-electron chi connectivity index (χ4n) is 10.4. The normalized spacial score (nSPS) is 11.8. The predicted octanol–water partition coefficient (Wildman–Crippen LogP) is 15.3. The summed E-state index contributed by atoms with van der Waals surface area (Å²) < 4.78 is 13.5. The van der Waals surface area contributed by atoms with E-state index in [1.165, 1.54) is 43.1 Å². The summed E-state index contributed by atoms with van der Waals surface area (Å²) in [4.78, 5) is 0. The van der Waals surface area contributed by atoms with Gasteiger partial charge in [-0.1, -0.05) is 159 Å². The van der Waals surface area contributed by atoms with Crippen LogP contribution in [0.5, 0.6) is 11.5 Å². The number of hydrogen-bond donors (Lipinski definition) is 2. The molecule has 0 saturated carbocycles. The van der Waals surface area contributed by atoms with Crippen LogP contribution in [0.3, 0.4) is 0 Å². The molecule has 0 aliphatic carbocycles. The summed E-state index contributed by atoms with van der Waals surface area (Å²) in [5, 5.41) is 30.1. The Labute approximate surface area is 393 Å². The number of aryl methyl sites for hydroxylation is 4. The van der Waals surface area contributed by atoms with Crippen molar-refractivity contribution in [3.05, 3.63) is 203 Å². The second-order valence-corrected chi connectivity index (χ2v) is 18.4. The monoisotopic (exact) mass is 876 g/mol. The first-order valence-electron chi connectivity index (χ1n) is 23.4. The molecule has 0 spiro atoms. The molecule has 4 nitrogen and oxygen atoms in total. The van der Waals surface area contributed by atoms with E-state index in [-0.39, 0.29) is 26.4 Å². The van der Waals surface area contributed by atoms with Gasteiger partial charge in [-0.05, 0) is 151 Å². The number of hydrogen-bond acceptors (Lipinski definition) is 4. The maximum Gasteiger partial charge on any atom is 0.135 e. The number of benzene rings is 10. The van der Waals surface area contributed by atoms with Crippen LogP contribution in [-0.4, -0.2) is 36.6 Å². The predicted molar refractivity (Wildman–Crippen MR) is 281 cm³/mol. The molecule has 0 bridgehead atoms. The van der Waals surface area contributed by atoms with E-state index in [1.54, 1.807) is 0 Å². The number of fused-ring (bicyclic) bond motifs is 4. The summed E-state index contributed by atoms with van der Waals surface area (Å²) in [5.74, 6) is 1.50. The zero-order valence-corrected chi connectivity index (χ0v) is 39.2. The smallest absolute Gasteiger partial charge is 0.135 e. The van der Waals surface area contributed by atoms with Crippen molar-refractivity contribution in [2.75, 3.05) is 26.4 Å². The molecule has 0 aromatic heterocycles. The minimum Gasteiger partial charge on any atom is -0.490 e. The van der Waals surface area contributed by atoms with Crippen molar-refractivity contribution >= 4 is 43.1 Å². The standard InChI is InChI=1S/C63H56O4/c1-39-49-19-11-7-15-43(49)23-27-53(39)57-35-47(36-58(61(57)66-33-31-64)54-28-24-44-16-8-12-20-50(44)40(54)2)63(5,6)48-37-59(55-29-25-45-17-9-13-21-51(45)41(55)3)62(67-34-32-65)60(38-48)56-30-26-46-18-10-14-22-52(46)42(56)4/h7-30,35-38,64-65H,31-34H2,1-6H3. The Morgan fingerprint density at radius 1 is 0.343 bits per heavy atom. The molecule has 10 aromatic carbocycles. The second-order valence-electron chi connectivity index (χ2n) is 18.4. The van der Waals surface area contributed by atoms with Crippen molar-refractivity contribution in [3.63, 3.8) is 0 Å². The zero-order valence-electron chi connectivity index (χ0n) is 39.2. The fourth-order valence-corrected chi connectivity index (χ4v) is 10.4. The van der Waals surface area contributed by atoms with Gasteiger partial charge in [0.1, 0.15) is 24.7 Å². The Balaban J connectivity index is 1.30. The van der Waals surface area contributed by atoms with Gasteiger partial charge in [0.25, 0.3) is 0 Å². The van der Waals surface area contributed by atoms with Crippen molar-refractivity contribution in [3.8, 4) is 56.0 Å². The molecule has 0 atom stereocenters. The minimum absolute atomic E-state index is 0.113. The van der Waals surface area contributed by atoms with Crippen molar-refractivity contribution in [2.45, 2.75) is 47.0 Å². The van der Waals surface area contributed by atoms with E-state index in [1.807, 2.05) is 0 Å². The summed E-state index contributed by atoms with van der Waals surface area (Å²) in [5.41, 5.74) is 14.5. The van der Waals surface area contributed by atoms with Gasteiger partial charge in [-0.25, -0.2) is 0 Å². The third kappa shape index (κ3) is 7.70. The summed E-state index contributed by atoms with van der Waals surface area (Å²) in [6.45, 7) is 13.5. The first-order chi connectivity index (χ1) is 32.6. The lowest BCUT2D eigenvalue weighted by atomic mass is 9.73. The average Bonchev–Trinajstić information content (AvgIpc) is 3.35. The molecule has 0 saturated heterocycles. The number of aliphatic hydroxyl groups is 2. The van der Waals surface area contributed by atoms with Gasteiger partial charge in [0.05, 0.1) is 13.2 Å². The van der Waals surface area contributed by atoms with Crippen LogP contribution in [0.25, 0.3) is 87.6 Å². The van der Waals surface area contributed by atoms with E-state index in [4.69, 9.17) is 9.47 Å². The molecule has 0 heterocycles. The SMILES string of the molecule is Cc1c(-c2cc(C(C)(C)c3cc(-c4ccc5ccccc5c4C)c(OCCO)c(-c4ccc5ccccc5c4C)c3)cc(-c3ccc4ccccc4c3C)c2OCCO)ccc2ccccc12. The van der Waals surface area contributed by atoms with Gasteiger partial charge in [-0.2, -0.15) is 0 Å². The Morgan fingerprint density at radius 2 is 0.597 bits per heavy atom. The van der Waals surface area contributed by atoms with Crippen molar-refractivity contribution in [1.29, 1.82) is 0 Å².